The molecular formula is C21H16N2O4. The average molecular weight is 360 g/mol. The summed E-state index contributed by atoms with van der Waals surface area (Å²) in [5.41, 5.74) is 2.97. The molecule has 6 nitrogen and oxygen atoms in total. The fourth-order valence-corrected chi connectivity index (χ4v) is 2.83. The van der Waals surface area contributed by atoms with Gasteiger partial charge in [-0.1, -0.05) is 18.2 Å². The van der Waals surface area contributed by atoms with Gasteiger partial charge in [0.1, 0.15) is 5.58 Å². The Morgan fingerprint density at radius 1 is 1.07 bits per heavy atom. The van der Waals surface area contributed by atoms with Gasteiger partial charge < -0.3 is 19.5 Å². The zero-order valence-corrected chi connectivity index (χ0v) is 14.5. The number of nitrogens with one attached hydrogen (secondary N) is 2. The second kappa shape index (κ2) is 6.84. The van der Waals surface area contributed by atoms with Gasteiger partial charge in [0.05, 0.1) is 7.11 Å². The number of esters is 1. The van der Waals surface area contributed by atoms with E-state index in [2.05, 4.69) is 15.0 Å². The van der Waals surface area contributed by atoms with Crippen LogP contribution in [-0.2, 0) is 9.53 Å². The monoisotopic (exact) mass is 360 g/mol. The third kappa shape index (κ3) is 3.46. The quantitative estimate of drug-likeness (QED) is 0.418. The average Bonchev–Trinajstić information content (AvgIpc) is 3.29. The molecule has 6 heteroatoms. The molecule has 0 aliphatic carbocycles. The Kier molecular flexibility index (Phi) is 4.22. The number of hydrogen-bond donors (Lipinski definition) is 2. The van der Waals surface area contributed by atoms with E-state index < -0.39 is 5.97 Å². The Hall–Kier alpha value is -3.80. The zero-order valence-electron chi connectivity index (χ0n) is 14.5. The van der Waals surface area contributed by atoms with Crippen molar-refractivity contribution in [2.45, 2.75) is 0 Å². The normalized spacial score (nSPS) is 11.3. The maximum Gasteiger partial charge on any atom is 0.330 e. The SMILES string of the molecule is COC(=O)/C=C/c1cc2cc(NC(=O)c3cc4ccccc4o3)ccc2[nH]1. The number of rotatable bonds is 4. The largest absolute Gasteiger partial charge is 0.466 e. The number of aromatic amines is 1. The molecule has 0 saturated carbocycles. The van der Waals surface area contributed by atoms with Crippen molar-refractivity contribution in [3.63, 3.8) is 0 Å². The number of ether oxygens (including phenoxy) is 1. The van der Waals surface area contributed by atoms with Crippen LogP contribution in [0.2, 0.25) is 0 Å². The van der Waals surface area contributed by atoms with Gasteiger partial charge in [0, 0.05) is 33.7 Å². The van der Waals surface area contributed by atoms with Crippen LogP contribution in [-0.4, -0.2) is 24.0 Å². The maximum absolute atomic E-state index is 12.5. The highest BCUT2D eigenvalue weighted by Gasteiger charge is 2.12. The minimum absolute atomic E-state index is 0.257. The highest BCUT2D eigenvalue weighted by atomic mass is 16.5. The molecule has 27 heavy (non-hydrogen) atoms. The molecule has 0 bridgehead atoms. The predicted molar refractivity (Wildman–Crippen MR) is 104 cm³/mol. The molecule has 134 valence electrons. The first-order valence-electron chi connectivity index (χ1n) is 8.31. The van der Waals surface area contributed by atoms with Crippen LogP contribution in [0.15, 0.2) is 65.1 Å². The summed E-state index contributed by atoms with van der Waals surface area (Å²) >= 11 is 0. The molecule has 0 atom stereocenters. The smallest absolute Gasteiger partial charge is 0.330 e. The topological polar surface area (TPSA) is 84.3 Å². The van der Waals surface area contributed by atoms with Gasteiger partial charge in [-0.25, -0.2) is 4.79 Å². The van der Waals surface area contributed by atoms with Crippen LogP contribution in [0.3, 0.4) is 0 Å². The molecular weight excluding hydrogens is 344 g/mol. The summed E-state index contributed by atoms with van der Waals surface area (Å²) in [6, 6.07) is 16.6. The van der Waals surface area contributed by atoms with Crippen molar-refractivity contribution < 1.29 is 18.7 Å². The second-order valence-electron chi connectivity index (χ2n) is 5.99. The Morgan fingerprint density at radius 3 is 2.74 bits per heavy atom. The highest BCUT2D eigenvalue weighted by Crippen LogP contribution is 2.23. The van der Waals surface area contributed by atoms with E-state index in [-0.39, 0.29) is 11.7 Å². The van der Waals surface area contributed by atoms with Crippen LogP contribution in [0.1, 0.15) is 16.2 Å². The number of furan rings is 1. The van der Waals surface area contributed by atoms with Crippen LogP contribution in [0.25, 0.3) is 27.9 Å². The molecule has 2 aromatic heterocycles. The Bertz CT molecular complexity index is 1150. The maximum atomic E-state index is 12.5. The summed E-state index contributed by atoms with van der Waals surface area (Å²) in [4.78, 5) is 26.8. The third-order valence-corrected chi connectivity index (χ3v) is 4.15. The fourth-order valence-electron chi connectivity index (χ4n) is 2.83. The number of methoxy groups -OCH3 is 1. The lowest BCUT2D eigenvalue weighted by Gasteiger charge is -2.03. The van der Waals surface area contributed by atoms with Crippen molar-refractivity contribution in [3.8, 4) is 0 Å². The molecule has 2 aromatic carbocycles. The van der Waals surface area contributed by atoms with Gasteiger partial charge >= 0.3 is 5.97 Å². The lowest BCUT2D eigenvalue weighted by Crippen LogP contribution is -2.10. The molecule has 0 aliphatic heterocycles. The molecule has 0 aliphatic rings. The van der Waals surface area contributed by atoms with E-state index in [0.29, 0.717) is 11.3 Å². The van der Waals surface area contributed by atoms with E-state index in [4.69, 9.17) is 4.42 Å². The Morgan fingerprint density at radius 2 is 1.93 bits per heavy atom. The number of anilines is 1. The van der Waals surface area contributed by atoms with Crippen LogP contribution in [0, 0.1) is 0 Å². The van der Waals surface area contributed by atoms with Crippen molar-refractivity contribution in [2.24, 2.45) is 0 Å². The van der Waals surface area contributed by atoms with Crippen molar-refractivity contribution in [2.75, 3.05) is 12.4 Å². The molecule has 4 aromatic rings. The van der Waals surface area contributed by atoms with E-state index >= 15 is 0 Å². The van der Waals surface area contributed by atoms with Gasteiger partial charge in [0.2, 0.25) is 0 Å². The lowest BCUT2D eigenvalue weighted by atomic mass is 10.2. The minimum Gasteiger partial charge on any atom is -0.466 e. The minimum atomic E-state index is -0.424. The number of amides is 1. The van der Waals surface area contributed by atoms with Gasteiger partial charge in [0.15, 0.2) is 5.76 Å². The van der Waals surface area contributed by atoms with E-state index in [9.17, 15) is 9.59 Å². The number of aromatic nitrogens is 1. The van der Waals surface area contributed by atoms with Gasteiger partial charge in [-0.2, -0.15) is 0 Å². The Labute approximate surface area is 154 Å². The van der Waals surface area contributed by atoms with Gasteiger partial charge in [-0.05, 0) is 42.5 Å². The van der Waals surface area contributed by atoms with Crippen LogP contribution in [0.5, 0.6) is 0 Å². The van der Waals surface area contributed by atoms with Crippen LogP contribution in [0.4, 0.5) is 5.69 Å². The molecule has 2 heterocycles. The second-order valence-corrected chi connectivity index (χ2v) is 5.99. The van der Waals surface area contributed by atoms with E-state index in [0.717, 1.165) is 22.0 Å². The lowest BCUT2D eigenvalue weighted by molar-refractivity contribution is -0.134. The number of carbonyl (C=O) groups is 2. The zero-order chi connectivity index (χ0) is 18.8. The first kappa shape index (κ1) is 16.7. The van der Waals surface area contributed by atoms with Crippen molar-refractivity contribution in [3.05, 3.63) is 72.1 Å². The number of H-pyrrole nitrogens is 1. The first-order chi connectivity index (χ1) is 13.1. The van der Waals surface area contributed by atoms with Gasteiger partial charge in [-0.15, -0.1) is 0 Å². The molecule has 0 spiro atoms. The number of benzene rings is 2. The van der Waals surface area contributed by atoms with Crippen molar-refractivity contribution in [1.29, 1.82) is 0 Å². The number of para-hydroxylation sites is 1. The fraction of sp³-hybridized carbons (Fsp3) is 0.0476. The predicted octanol–water partition coefficient (Wildman–Crippen LogP) is 4.35. The summed E-state index contributed by atoms with van der Waals surface area (Å²) in [5, 5.41) is 4.63. The van der Waals surface area contributed by atoms with E-state index in [1.165, 1.54) is 13.2 Å². The summed E-state index contributed by atoms with van der Waals surface area (Å²) in [6.45, 7) is 0. The number of fused-ring (bicyclic) bond motifs is 2. The van der Waals surface area contributed by atoms with Crippen LogP contribution >= 0.6 is 0 Å². The number of carbonyl (C=O) groups excluding carboxylic acids is 2. The summed E-state index contributed by atoms with van der Waals surface area (Å²) in [6.07, 6.45) is 2.98. The molecule has 4 rings (SSSR count). The van der Waals surface area contributed by atoms with Gasteiger partial charge in [0.25, 0.3) is 5.91 Å². The van der Waals surface area contributed by atoms with Crippen molar-refractivity contribution >= 4 is 45.5 Å². The Balaban J connectivity index is 1.55. The summed E-state index contributed by atoms with van der Waals surface area (Å²) in [7, 11) is 1.33. The van der Waals surface area contributed by atoms with Crippen molar-refractivity contribution in [1.82, 2.24) is 4.98 Å². The number of hydrogen-bond acceptors (Lipinski definition) is 4. The van der Waals surface area contributed by atoms with Gasteiger partial charge in [-0.3, -0.25) is 4.79 Å². The third-order valence-electron chi connectivity index (χ3n) is 4.15. The van der Waals surface area contributed by atoms with E-state index in [1.807, 2.05) is 42.5 Å². The standard InChI is InChI=1S/C21H16N2O4/c1-26-20(24)9-7-15-10-14-11-16(6-8-17(14)22-15)23-21(25)19-12-13-4-2-3-5-18(13)27-19/h2-12,22H,1H3,(H,23,25)/b9-7+. The highest BCUT2D eigenvalue weighted by molar-refractivity contribution is 6.05. The van der Waals surface area contributed by atoms with E-state index in [1.54, 1.807) is 18.2 Å². The molecule has 0 unspecified atom stereocenters. The molecule has 1 amide bonds. The van der Waals surface area contributed by atoms with Crippen LogP contribution < -0.4 is 5.32 Å². The molecule has 0 saturated heterocycles. The molecule has 0 radical (unpaired) electrons. The summed E-state index contributed by atoms with van der Waals surface area (Å²) in [5.74, 6) is -0.480. The molecule has 0 fully saturated rings. The first-order valence-corrected chi connectivity index (χ1v) is 8.31. The summed E-state index contributed by atoms with van der Waals surface area (Å²) < 4.78 is 10.2. The molecule has 2 N–H and O–H groups in total.